The number of hydrogen-bond acceptors (Lipinski definition) is 4. The van der Waals surface area contributed by atoms with Crippen molar-refractivity contribution in [2.24, 2.45) is 11.8 Å². The second-order valence-electron chi connectivity index (χ2n) is 5.23. The van der Waals surface area contributed by atoms with Gasteiger partial charge in [-0.3, -0.25) is 0 Å². The maximum Gasteiger partial charge on any atom is 0.125 e. The van der Waals surface area contributed by atoms with Gasteiger partial charge in [-0.1, -0.05) is 36.9 Å². The van der Waals surface area contributed by atoms with E-state index in [0.29, 0.717) is 12.3 Å². The summed E-state index contributed by atoms with van der Waals surface area (Å²) in [4.78, 5) is 12.1. The summed E-state index contributed by atoms with van der Waals surface area (Å²) >= 11 is 1.68. The normalized spacial score (nSPS) is 27.5. The molecule has 0 aliphatic carbocycles. The van der Waals surface area contributed by atoms with Gasteiger partial charge < -0.3 is 9.53 Å². The molecule has 4 atom stereocenters. The van der Waals surface area contributed by atoms with Crippen LogP contribution in [0.5, 0.6) is 0 Å². The van der Waals surface area contributed by atoms with Crippen LogP contribution in [-0.2, 0) is 9.53 Å². The Balaban J connectivity index is 2.03. The first-order valence-electron chi connectivity index (χ1n) is 6.92. The maximum absolute atomic E-state index is 11.0. The van der Waals surface area contributed by atoms with Gasteiger partial charge in [0, 0.05) is 17.2 Å². The third kappa shape index (κ3) is 4.09. The van der Waals surface area contributed by atoms with Crippen LogP contribution in [0, 0.1) is 23.2 Å². The molecule has 0 saturated carbocycles. The number of nitrogens with zero attached hydrogens (tertiary/aromatic N) is 1. The van der Waals surface area contributed by atoms with Crippen LogP contribution < -0.4 is 0 Å². The minimum atomic E-state index is -0.115. The lowest BCUT2D eigenvalue weighted by Gasteiger charge is -2.35. The molecule has 0 bridgehead atoms. The number of rotatable bonds is 5. The van der Waals surface area contributed by atoms with Crippen molar-refractivity contribution in [3.8, 4) is 6.07 Å². The van der Waals surface area contributed by atoms with E-state index in [1.165, 1.54) is 0 Å². The van der Waals surface area contributed by atoms with Crippen LogP contribution >= 0.6 is 11.8 Å². The van der Waals surface area contributed by atoms with Crippen molar-refractivity contribution in [2.75, 3.05) is 0 Å². The summed E-state index contributed by atoms with van der Waals surface area (Å²) in [5.41, 5.74) is 0.0249. The molecule has 0 unspecified atom stereocenters. The van der Waals surface area contributed by atoms with E-state index in [-0.39, 0.29) is 17.5 Å². The number of carbonyl (C=O) groups is 1. The summed E-state index contributed by atoms with van der Waals surface area (Å²) in [7, 11) is 0. The molecule has 2 rings (SSSR count). The molecule has 1 aliphatic rings. The van der Waals surface area contributed by atoms with E-state index in [4.69, 9.17) is 10.00 Å². The summed E-state index contributed by atoms with van der Waals surface area (Å²) in [6.45, 7) is 1.89. The van der Waals surface area contributed by atoms with Crippen molar-refractivity contribution >= 4 is 18.0 Å². The maximum atomic E-state index is 11.0. The van der Waals surface area contributed by atoms with Crippen LogP contribution in [-0.4, -0.2) is 17.8 Å². The van der Waals surface area contributed by atoms with E-state index in [0.717, 1.165) is 24.0 Å². The Labute approximate surface area is 124 Å². The van der Waals surface area contributed by atoms with Gasteiger partial charge in [-0.2, -0.15) is 5.26 Å². The Morgan fingerprint density at radius 1 is 1.45 bits per heavy atom. The zero-order valence-electron chi connectivity index (χ0n) is 11.6. The van der Waals surface area contributed by atoms with Crippen molar-refractivity contribution in [3.05, 3.63) is 30.3 Å². The lowest BCUT2D eigenvalue weighted by molar-refractivity contribution is -0.119. The quantitative estimate of drug-likeness (QED) is 0.776. The number of benzene rings is 1. The highest BCUT2D eigenvalue weighted by molar-refractivity contribution is 7.99. The predicted molar refractivity (Wildman–Crippen MR) is 79.1 cm³/mol. The van der Waals surface area contributed by atoms with Gasteiger partial charge in [-0.25, -0.2) is 0 Å². The fourth-order valence-electron chi connectivity index (χ4n) is 2.45. The van der Waals surface area contributed by atoms with E-state index >= 15 is 0 Å². The SMILES string of the molecule is C[C@H](C=O)[C@H]1C[C@@H](CC#N)C[C@H](Sc2ccccc2)O1. The Morgan fingerprint density at radius 3 is 2.85 bits per heavy atom. The minimum absolute atomic E-state index is 0.0249. The number of hydrogen-bond donors (Lipinski definition) is 0. The molecular weight excluding hydrogens is 270 g/mol. The van der Waals surface area contributed by atoms with Crippen LogP contribution in [0.15, 0.2) is 35.2 Å². The smallest absolute Gasteiger partial charge is 0.125 e. The zero-order valence-corrected chi connectivity index (χ0v) is 12.4. The van der Waals surface area contributed by atoms with E-state index < -0.39 is 0 Å². The molecule has 1 aromatic rings. The topological polar surface area (TPSA) is 50.1 Å². The van der Waals surface area contributed by atoms with Crippen molar-refractivity contribution < 1.29 is 9.53 Å². The van der Waals surface area contributed by atoms with E-state index in [9.17, 15) is 4.79 Å². The molecule has 1 heterocycles. The third-order valence-electron chi connectivity index (χ3n) is 3.61. The van der Waals surface area contributed by atoms with Crippen molar-refractivity contribution in [1.29, 1.82) is 5.26 Å². The monoisotopic (exact) mass is 289 g/mol. The molecule has 0 amide bonds. The molecule has 1 aromatic carbocycles. The zero-order chi connectivity index (χ0) is 14.4. The number of aldehydes is 1. The van der Waals surface area contributed by atoms with E-state index in [1.807, 2.05) is 25.1 Å². The molecule has 0 radical (unpaired) electrons. The number of nitriles is 1. The van der Waals surface area contributed by atoms with E-state index in [2.05, 4.69) is 18.2 Å². The van der Waals surface area contributed by atoms with Gasteiger partial charge >= 0.3 is 0 Å². The molecule has 3 nitrogen and oxygen atoms in total. The first-order chi connectivity index (χ1) is 9.72. The fraction of sp³-hybridized carbons (Fsp3) is 0.500. The second kappa shape index (κ2) is 7.47. The van der Waals surface area contributed by atoms with Gasteiger partial charge in [0.25, 0.3) is 0 Å². The summed E-state index contributed by atoms with van der Waals surface area (Å²) in [5, 5.41) is 8.91. The summed E-state index contributed by atoms with van der Waals surface area (Å²) in [5.74, 6) is 0.206. The van der Waals surface area contributed by atoms with Gasteiger partial charge in [0.1, 0.15) is 11.7 Å². The molecule has 0 spiro atoms. The lowest BCUT2D eigenvalue weighted by atomic mass is 9.88. The standard InChI is InChI=1S/C16H19NO2S/c1-12(11-18)15-9-13(7-8-17)10-16(19-15)20-14-5-3-2-4-6-14/h2-6,11-13,15-16H,7,9-10H2,1H3/t12-,13-,15-,16+/m1/s1. The Kier molecular flexibility index (Phi) is 5.63. The highest BCUT2D eigenvalue weighted by Crippen LogP contribution is 2.37. The number of ether oxygens (including phenoxy) is 1. The highest BCUT2D eigenvalue weighted by atomic mass is 32.2. The molecule has 4 heteroatoms. The summed E-state index contributed by atoms with van der Waals surface area (Å²) in [6, 6.07) is 12.4. The third-order valence-corrected chi connectivity index (χ3v) is 4.72. The first-order valence-corrected chi connectivity index (χ1v) is 7.80. The van der Waals surface area contributed by atoms with Gasteiger partial charge in [0.2, 0.25) is 0 Å². The number of carbonyl (C=O) groups excluding carboxylic acids is 1. The molecule has 20 heavy (non-hydrogen) atoms. The number of thioether (sulfide) groups is 1. The first kappa shape index (κ1) is 15.1. The van der Waals surface area contributed by atoms with E-state index in [1.54, 1.807) is 11.8 Å². The van der Waals surface area contributed by atoms with Gasteiger partial charge in [-0.05, 0) is 30.9 Å². The van der Waals surface area contributed by atoms with Crippen LogP contribution in [0.1, 0.15) is 26.2 Å². The van der Waals surface area contributed by atoms with Crippen molar-refractivity contribution in [1.82, 2.24) is 0 Å². The molecule has 1 aliphatic heterocycles. The van der Waals surface area contributed by atoms with Crippen LogP contribution in [0.25, 0.3) is 0 Å². The summed E-state index contributed by atoms with van der Waals surface area (Å²) < 4.78 is 6.04. The Bertz CT molecular complexity index is 471. The largest absolute Gasteiger partial charge is 0.363 e. The van der Waals surface area contributed by atoms with Crippen LogP contribution in [0.3, 0.4) is 0 Å². The molecule has 0 N–H and O–H groups in total. The molecular formula is C16H19NO2S. The second-order valence-corrected chi connectivity index (χ2v) is 6.46. The average molecular weight is 289 g/mol. The van der Waals surface area contributed by atoms with Crippen molar-refractivity contribution in [2.45, 2.75) is 42.6 Å². The molecule has 1 fully saturated rings. The molecule has 1 saturated heterocycles. The summed E-state index contributed by atoms with van der Waals surface area (Å²) in [6.07, 6.45) is 3.09. The van der Waals surface area contributed by atoms with Crippen LogP contribution in [0.2, 0.25) is 0 Å². The van der Waals surface area contributed by atoms with Gasteiger partial charge in [-0.15, -0.1) is 0 Å². The fourth-order valence-corrected chi connectivity index (χ4v) is 3.64. The Morgan fingerprint density at radius 2 is 2.20 bits per heavy atom. The average Bonchev–Trinajstić information content (AvgIpc) is 2.47. The minimum Gasteiger partial charge on any atom is -0.363 e. The lowest BCUT2D eigenvalue weighted by Crippen LogP contribution is -2.35. The highest BCUT2D eigenvalue weighted by Gasteiger charge is 2.32. The molecule has 0 aromatic heterocycles. The van der Waals surface area contributed by atoms with Gasteiger partial charge in [0.15, 0.2) is 0 Å². The Hall–Kier alpha value is -1.31. The molecule has 106 valence electrons. The van der Waals surface area contributed by atoms with Crippen molar-refractivity contribution in [3.63, 3.8) is 0 Å². The van der Waals surface area contributed by atoms with Crippen LogP contribution in [0.4, 0.5) is 0 Å². The predicted octanol–water partition coefficient (Wildman–Crippen LogP) is 3.65. The van der Waals surface area contributed by atoms with Gasteiger partial charge in [0.05, 0.1) is 12.2 Å².